The van der Waals surface area contributed by atoms with Crippen molar-refractivity contribution in [2.24, 2.45) is 5.92 Å². The number of hydrogen-bond acceptors (Lipinski definition) is 7. The van der Waals surface area contributed by atoms with E-state index in [2.05, 4.69) is 10.3 Å². The summed E-state index contributed by atoms with van der Waals surface area (Å²) in [5, 5.41) is 6.23. The van der Waals surface area contributed by atoms with Crippen LogP contribution in [0.25, 0.3) is 11.0 Å². The SMILES string of the molecule is COC(=O)c1ccc2cc(C(=O)Nc3ccc(Cl)cn3)oc2c1N(C(=O)C1CCCCC1)N1CCCC1=O. The van der Waals surface area contributed by atoms with Crippen LogP contribution < -0.4 is 10.3 Å². The lowest BCUT2D eigenvalue weighted by Crippen LogP contribution is -2.50. The summed E-state index contributed by atoms with van der Waals surface area (Å²) in [4.78, 5) is 56.8. The van der Waals surface area contributed by atoms with Crippen LogP contribution >= 0.6 is 11.6 Å². The first kappa shape index (κ1) is 25.7. The van der Waals surface area contributed by atoms with Gasteiger partial charge in [-0.25, -0.2) is 19.8 Å². The number of nitrogens with zero attached hydrogens (tertiary/aromatic N) is 3. The lowest BCUT2D eigenvalue weighted by Gasteiger charge is -2.36. The maximum atomic E-state index is 14.0. The highest BCUT2D eigenvalue weighted by molar-refractivity contribution is 6.30. The number of ether oxygens (including phenoxy) is 1. The Morgan fingerprint density at radius 1 is 1.13 bits per heavy atom. The first-order valence-electron chi connectivity index (χ1n) is 12.6. The van der Waals surface area contributed by atoms with E-state index >= 15 is 0 Å². The highest BCUT2D eigenvalue weighted by Crippen LogP contribution is 2.38. The number of nitrogens with one attached hydrogen (secondary N) is 1. The van der Waals surface area contributed by atoms with E-state index in [1.807, 2.05) is 0 Å². The second-order valence-electron chi connectivity index (χ2n) is 9.40. The standard InChI is InChI=1S/C27H27ClN4O6/c1-37-27(36)19-11-9-17-14-20(25(34)30-21-12-10-18(28)15-29-21)38-24(17)23(19)32(31-13-5-8-22(31)33)26(35)16-6-3-2-4-7-16/h9-12,14-16H,2-8,13H2,1H3,(H,29,30,34). The molecule has 0 unspecified atom stereocenters. The third kappa shape index (κ3) is 4.96. The molecule has 0 bridgehead atoms. The van der Waals surface area contributed by atoms with Gasteiger partial charge in [0, 0.05) is 30.5 Å². The number of anilines is 2. The van der Waals surface area contributed by atoms with E-state index < -0.39 is 11.9 Å². The second kappa shape index (κ2) is 10.8. The molecule has 1 saturated carbocycles. The number of rotatable bonds is 6. The van der Waals surface area contributed by atoms with Crippen molar-refractivity contribution in [3.05, 3.63) is 52.9 Å². The van der Waals surface area contributed by atoms with Gasteiger partial charge < -0.3 is 14.5 Å². The molecule has 3 heterocycles. The van der Waals surface area contributed by atoms with E-state index in [1.54, 1.807) is 18.2 Å². The van der Waals surface area contributed by atoms with Crippen molar-refractivity contribution >= 4 is 57.8 Å². The van der Waals surface area contributed by atoms with Crippen molar-refractivity contribution in [2.75, 3.05) is 24.0 Å². The Labute approximate surface area is 223 Å². The predicted octanol–water partition coefficient (Wildman–Crippen LogP) is 4.97. The Balaban J connectivity index is 1.62. The van der Waals surface area contributed by atoms with Crippen LogP contribution in [0.4, 0.5) is 11.5 Å². The van der Waals surface area contributed by atoms with Crippen molar-refractivity contribution in [1.29, 1.82) is 0 Å². The van der Waals surface area contributed by atoms with Crippen LogP contribution in [-0.2, 0) is 14.3 Å². The quantitative estimate of drug-likeness (QED) is 0.439. The van der Waals surface area contributed by atoms with E-state index in [-0.39, 0.29) is 52.6 Å². The molecule has 1 saturated heterocycles. The average Bonchev–Trinajstić information content (AvgIpc) is 3.56. The van der Waals surface area contributed by atoms with Gasteiger partial charge >= 0.3 is 5.97 Å². The number of furan rings is 1. The van der Waals surface area contributed by atoms with E-state index in [0.29, 0.717) is 36.2 Å². The molecule has 10 nitrogen and oxygen atoms in total. The molecular weight excluding hydrogens is 512 g/mol. The summed E-state index contributed by atoms with van der Waals surface area (Å²) in [5.74, 6) is -1.85. The minimum absolute atomic E-state index is 0.0576. The lowest BCUT2D eigenvalue weighted by molar-refractivity contribution is -0.135. The van der Waals surface area contributed by atoms with Crippen LogP contribution in [0, 0.1) is 5.92 Å². The number of carbonyl (C=O) groups excluding carboxylic acids is 4. The van der Waals surface area contributed by atoms with Crippen LogP contribution in [0.2, 0.25) is 5.02 Å². The third-order valence-corrected chi connectivity index (χ3v) is 7.15. The molecular formula is C27H27ClN4O6. The van der Waals surface area contributed by atoms with Gasteiger partial charge in [-0.3, -0.25) is 14.4 Å². The van der Waals surface area contributed by atoms with Crippen LogP contribution in [0.1, 0.15) is 65.9 Å². The van der Waals surface area contributed by atoms with Gasteiger partial charge in [0.25, 0.3) is 5.91 Å². The monoisotopic (exact) mass is 538 g/mol. The van der Waals surface area contributed by atoms with Gasteiger partial charge in [0.2, 0.25) is 11.8 Å². The molecule has 38 heavy (non-hydrogen) atoms. The Kier molecular flexibility index (Phi) is 7.33. The Bertz CT molecular complexity index is 1400. The minimum Gasteiger partial charge on any atom is -0.465 e. The number of methoxy groups -OCH3 is 1. The fourth-order valence-corrected chi connectivity index (χ4v) is 5.14. The van der Waals surface area contributed by atoms with Crippen LogP contribution in [0.5, 0.6) is 0 Å². The molecule has 1 N–H and O–H groups in total. The first-order valence-corrected chi connectivity index (χ1v) is 13.0. The first-order chi connectivity index (χ1) is 18.4. The van der Waals surface area contributed by atoms with Crippen molar-refractivity contribution in [3.63, 3.8) is 0 Å². The molecule has 2 aliphatic rings. The number of carbonyl (C=O) groups is 4. The van der Waals surface area contributed by atoms with Gasteiger partial charge in [-0.1, -0.05) is 36.9 Å². The fraction of sp³-hybridized carbons (Fsp3) is 0.370. The molecule has 3 aromatic rings. The molecule has 11 heteroatoms. The zero-order valence-corrected chi connectivity index (χ0v) is 21.6. The molecule has 0 radical (unpaired) electrons. The number of hydrogen-bond donors (Lipinski definition) is 1. The number of aromatic nitrogens is 1. The maximum Gasteiger partial charge on any atom is 0.340 e. The maximum absolute atomic E-state index is 14.0. The van der Waals surface area contributed by atoms with E-state index in [9.17, 15) is 19.2 Å². The smallest absolute Gasteiger partial charge is 0.340 e. The molecule has 5 rings (SSSR count). The zero-order chi connectivity index (χ0) is 26.8. The minimum atomic E-state index is -0.692. The van der Waals surface area contributed by atoms with Gasteiger partial charge in [-0.15, -0.1) is 0 Å². The van der Waals surface area contributed by atoms with E-state index in [4.69, 9.17) is 20.8 Å². The third-order valence-electron chi connectivity index (χ3n) is 6.92. The molecule has 1 aromatic carbocycles. The second-order valence-corrected chi connectivity index (χ2v) is 9.84. The Morgan fingerprint density at radius 3 is 2.58 bits per heavy atom. The topological polar surface area (TPSA) is 122 Å². The van der Waals surface area contributed by atoms with Gasteiger partial charge in [0.15, 0.2) is 11.3 Å². The molecule has 0 spiro atoms. The molecule has 3 amide bonds. The van der Waals surface area contributed by atoms with Gasteiger partial charge in [0.05, 0.1) is 17.7 Å². The van der Waals surface area contributed by atoms with E-state index in [0.717, 1.165) is 19.3 Å². The Morgan fingerprint density at radius 2 is 1.92 bits per heavy atom. The Hall–Kier alpha value is -3.92. The van der Waals surface area contributed by atoms with Crippen molar-refractivity contribution in [1.82, 2.24) is 9.99 Å². The largest absolute Gasteiger partial charge is 0.465 e. The summed E-state index contributed by atoms with van der Waals surface area (Å²) in [6.45, 7) is 0.324. The van der Waals surface area contributed by atoms with E-state index in [1.165, 1.54) is 35.5 Å². The summed E-state index contributed by atoms with van der Waals surface area (Å²) < 4.78 is 11.0. The van der Waals surface area contributed by atoms with Crippen LogP contribution in [0.15, 0.2) is 40.9 Å². The summed E-state index contributed by atoms with van der Waals surface area (Å²) in [7, 11) is 1.24. The average molecular weight is 539 g/mol. The van der Waals surface area contributed by atoms with Crippen molar-refractivity contribution < 1.29 is 28.3 Å². The molecule has 2 fully saturated rings. The number of hydrazine groups is 1. The molecule has 1 aliphatic carbocycles. The van der Waals surface area contributed by atoms with Gasteiger partial charge in [0.1, 0.15) is 11.5 Å². The van der Waals surface area contributed by atoms with Gasteiger partial charge in [-0.05, 0) is 43.5 Å². The fourth-order valence-electron chi connectivity index (χ4n) is 5.03. The summed E-state index contributed by atoms with van der Waals surface area (Å²) in [6, 6.07) is 7.78. The molecule has 0 atom stereocenters. The van der Waals surface area contributed by atoms with Crippen LogP contribution in [0.3, 0.4) is 0 Å². The van der Waals surface area contributed by atoms with Crippen molar-refractivity contribution in [2.45, 2.75) is 44.9 Å². The number of esters is 1. The van der Waals surface area contributed by atoms with Gasteiger partial charge in [-0.2, -0.15) is 0 Å². The molecule has 1 aliphatic heterocycles. The zero-order valence-electron chi connectivity index (χ0n) is 20.9. The number of fused-ring (bicyclic) bond motifs is 1. The number of halogens is 1. The van der Waals surface area contributed by atoms with Crippen molar-refractivity contribution in [3.8, 4) is 0 Å². The molecule has 198 valence electrons. The normalized spacial score (nSPS) is 16.1. The highest BCUT2D eigenvalue weighted by atomic mass is 35.5. The number of pyridine rings is 1. The summed E-state index contributed by atoms with van der Waals surface area (Å²) in [6.07, 6.45) is 6.54. The highest BCUT2D eigenvalue weighted by Gasteiger charge is 2.39. The molecule has 2 aromatic heterocycles. The summed E-state index contributed by atoms with van der Waals surface area (Å²) >= 11 is 5.87. The lowest BCUT2D eigenvalue weighted by atomic mass is 9.88. The number of benzene rings is 1. The predicted molar refractivity (Wildman–Crippen MR) is 140 cm³/mol. The number of amides is 3. The van der Waals surface area contributed by atoms with Crippen LogP contribution in [-0.4, -0.2) is 47.3 Å². The summed E-state index contributed by atoms with van der Waals surface area (Å²) in [5.41, 5.74) is 0.291.